The molecule has 0 aliphatic rings. The van der Waals surface area contributed by atoms with Crippen molar-refractivity contribution in [3.8, 4) is 5.75 Å². The first-order chi connectivity index (χ1) is 14.4. The molecule has 0 fully saturated rings. The van der Waals surface area contributed by atoms with E-state index in [1.54, 1.807) is 24.3 Å². The van der Waals surface area contributed by atoms with Crippen LogP contribution in [-0.2, 0) is 5.75 Å². The van der Waals surface area contributed by atoms with Gasteiger partial charge in [0.2, 0.25) is 0 Å². The molecule has 1 heterocycles. The zero-order valence-electron chi connectivity index (χ0n) is 17.1. The quantitative estimate of drug-likeness (QED) is 0.392. The molecule has 0 bridgehead atoms. The summed E-state index contributed by atoms with van der Waals surface area (Å²) in [5.74, 6) is 0.834. The van der Waals surface area contributed by atoms with E-state index in [-0.39, 0.29) is 11.5 Å². The van der Waals surface area contributed by atoms with Gasteiger partial charge in [0, 0.05) is 11.3 Å². The molecule has 1 aromatic heterocycles. The molecule has 0 spiro atoms. The molecule has 30 heavy (non-hydrogen) atoms. The van der Waals surface area contributed by atoms with E-state index >= 15 is 0 Å². The van der Waals surface area contributed by atoms with Crippen LogP contribution < -0.4 is 21.3 Å². The standard InChI is InChI=1S/C22H24N4O3S/c1-4-29-17-9-7-15(8-10-17)20(27)24-18-19(23)25-22(26-21(18)28)30-12-16-11-13(2)5-6-14(16)3/h5-11H,4,12H2,1-3H3,(H,24,27)(H3,23,25,26,28). The number of amides is 1. The van der Waals surface area contributed by atoms with E-state index in [2.05, 4.69) is 33.5 Å². The first kappa shape index (κ1) is 21.4. The second-order valence-electron chi connectivity index (χ2n) is 6.76. The molecule has 0 saturated heterocycles. The maximum Gasteiger partial charge on any atom is 0.277 e. The lowest BCUT2D eigenvalue weighted by molar-refractivity contribution is 0.102. The number of aromatic nitrogens is 2. The SMILES string of the molecule is CCOc1ccc(C(=O)Nc2c(N)nc(SCc3cc(C)ccc3C)[nH]c2=O)cc1. The Morgan fingerprint density at radius 2 is 1.93 bits per heavy atom. The van der Waals surface area contributed by atoms with Gasteiger partial charge in [0.25, 0.3) is 11.5 Å². The average molecular weight is 425 g/mol. The predicted octanol–water partition coefficient (Wildman–Crippen LogP) is 3.91. The first-order valence-corrected chi connectivity index (χ1v) is 10.5. The summed E-state index contributed by atoms with van der Waals surface area (Å²) in [4.78, 5) is 31.9. The summed E-state index contributed by atoms with van der Waals surface area (Å²) in [7, 11) is 0. The highest BCUT2D eigenvalue weighted by molar-refractivity contribution is 7.98. The molecule has 4 N–H and O–H groups in total. The van der Waals surface area contributed by atoms with Crippen LogP contribution in [0.15, 0.2) is 52.4 Å². The van der Waals surface area contributed by atoms with Crippen LogP contribution in [0.4, 0.5) is 11.5 Å². The maximum absolute atomic E-state index is 12.5. The van der Waals surface area contributed by atoms with E-state index in [0.717, 1.165) is 5.56 Å². The zero-order chi connectivity index (χ0) is 21.7. The molecule has 3 rings (SSSR count). The minimum atomic E-state index is -0.495. The molecule has 0 radical (unpaired) electrons. The number of ether oxygens (including phenoxy) is 1. The number of rotatable bonds is 7. The Hall–Kier alpha value is -3.26. The maximum atomic E-state index is 12.5. The number of hydrogen-bond acceptors (Lipinski definition) is 6. The number of nitrogens with zero attached hydrogens (tertiary/aromatic N) is 1. The second kappa shape index (κ2) is 9.49. The third-order valence-corrected chi connectivity index (χ3v) is 5.38. The van der Waals surface area contributed by atoms with Gasteiger partial charge >= 0.3 is 0 Å². The molecular weight excluding hydrogens is 400 g/mol. The van der Waals surface area contributed by atoms with Crippen LogP contribution in [0.3, 0.4) is 0 Å². The van der Waals surface area contributed by atoms with Gasteiger partial charge in [-0.2, -0.15) is 0 Å². The third-order valence-electron chi connectivity index (χ3n) is 4.46. The highest BCUT2D eigenvalue weighted by Gasteiger charge is 2.14. The molecule has 0 unspecified atom stereocenters. The number of thioether (sulfide) groups is 1. The van der Waals surface area contributed by atoms with Crippen LogP contribution in [0.25, 0.3) is 0 Å². The van der Waals surface area contributed by atoms with Crippen LogP contribution >= 0.6 is 11.8 Å². The minimum Gasteiger partial charge on any atom is -0.494 e. The summed E-state index contributed by atoms with van der Waals surface area (Å²) in [6.45, 7) is 6.50. The Bertz CT molecular complexity index is 1110. The average Bonchev–Trinajstić information content (AvgIpc) is 2.72. The smallest absolute Gasteiger partial charge is 0.277 e. The molecule has 3 aromatic rings. The van der Waals surface area contributed by atoms with E-state index in [9.17, 15) is 9.59 Å². The van der Waals surface area contributed by atoms with Crippen molar-refractivity contribution in [1.29, 1.82) is 0 Å². The Labute approximate surface area is 179 Å². The van der Waals surface area contributed by atoms with Gasteiger partial charge in [0.15, 0.2) is 11.0 Å². The van der Waals surface area contributed by atoms with Crippen molar-refractivity contribution in [3.05, 3.63) is 75.1 Å². The fraction of sp³-hybridized carbons (Fsp3) is 0.227. The summed E-state index contributed by atoms with van der Waals surface area (Å²) >= 11 is 1.38. The van der Waals surface area contributed by atoms with Crippen molar-refractivity contribution >= 4 is 29.2 Å². The van der Waals surface area contributed by atoms with E-state index in [1.807, 2.05) is 20.8 Å². The highest BCUT2D eigenvalue weighted by Crippen LogP contribution is 2.23. The Balaban J connectivity index is 1.72. The molecule has 7 nitrogen and oxygen atoms in total. The normalized spacial score (nSPS) is 10.6. The zero-order valence-corrected chi connectivity index (χ0v) is 17.9. The largest absolute Gasteiger partial charge is 0.494 e. The number of aromatic amines is 1. The summed E-state index contributed by atoms with van der Waals surface area (Å²) in [6.07, 6.45) is 0. The van der Waals surface area contributed by atoms with Gasteiger partial charge in [-0.25, -0.2) is 4.98 Å². The Morgan fingerprint density at radius 3 is 2.60 bits per heavy atom. The topological polar surface area (TPSA) is 110 Å². The van der Waals surface area contributed by atoms with Crippen molar-refractivity contribution < 1.29 is 9.53 Å². The molecule has 0 atom stereocenters. The monoisotopic (exact) mass is 424 g/mol. The molecule has 2 aromatic carbocycles. The number of aryl methyl sites for hydroxylation is 2. The van der Waals surface area contributed by atoms with Gasteiger partial charge < -0.3 is 15.8 Å². The number of nitrogens with two attached hydrogens (primary N) is 1. The van der Waals surface area contributed by atoms with Crippen LogP contribution in [0.5, 0.6) is 5.75 Å². The summed E-state index contributed by atoms with van der Waals surface area (Å²) < 4.78 is 5.36. The molecule has 8 heteroatoms. The van der Waals surface area contributed by atoms with E-state index in [4.69, 9.17) is 10.5 Å². The predicted molar refractivity (Wildman–Crippen MR) is 120 cm³/mol. The van der Waals surface area contributed by atoms with Crippen LogP contribution in [0, 0.1) is 13.8 Å². The molecule has 1 amide bonds. The first-order valence-electron chi connectivity index (χ1n) is 9.50. The number of carbonyl (C=O) groups excluding carboxylic acids is 1. The van der Waals surface area contributed by atoms with Crippen LogP contribution in [0.1, 0.15) is 34.0 Å². The molecule has 156 valence electrons. The fourth-order valence-corrected chi connectivity index (χ4v) is 3.75. The number of H-pyrrole nitrogens is 1. The Kier molecular flexibility index (Phi) is 6.79. The fourth-order valence-electron chi connectivity index (χ4n) is 2.82. The van der Waals surface area contributed by atoms with Gasteiger partial charge in [-0.3, -0.25) is 14.6 Å². The Morgan fingerprint density at radius 1 is 1.20 bits per heavy atom. The van der Waals surface area contributed by atoms with Crippen molar-refractivity contribution in [2.24, 2.45) is 0 Å². The lowest BCUT2D eigenvalue weighted by Crippen LogP contribution is -2.23. The number of anilines is 2. The number of carbonyl (C=O) groups is 1. The van der Waals surface area contributed by atoms with Gasteiger partial charge in [0.1, 0.15) is 11.4 Å². The van der Waals surface area contributed by atoms with E-state index < -0.39 is 11.5 Å². The van der Waals surface area contributed by atoms with Gasteiger partial charge in [0.05, 0.1) is 6.61 Å². The van der Waals surface area contributed by atoms with Gasteiger partial charge in [-0.1, -0.05) is 35.5 Å². The highest BCUT2D eigenvalue weighted by atomic mass is 32.2. The second-order valence-corrected chi connectivity index (χ2v) is 7.73. The van der Waals surface area contributed by atoms with Crippen LogP contribution in [0.2, 0.25) is 0 Å². The van der Waals surface area contributed by atoms with Gasteiger partial charge in [-0.15, -0.1) is 0 Å². The summed E-state index contributed by atoms with van der Waals surface area (Å²) in [5.41, 5.74) is 9.28. The van der Waals surface area contributed by atoms with Crippen molar-refractivity contribution in [3.63, 3.8) is 0 Å². The number of benzene rings is 2. The molecule has 0 saturated carbocycles. The minimum absolute atomic E-state index is 0.0264. The number of nitrogen functional groups attached to an aromatic ring is 1. The van der Waals surface area contributed by atoms with E-state index in [1.165, 1.54) is 22.9 Å². The summed E-state index contributed by atoms with van der Waals surface area (Å²) in [6, 6.07) is 12.8. The molecule has 0 aliphatic carbocycles. The van der Waals surface area contributed by atoms with Gasteiger partial charge in [-0.05, 0) is 56.2 Å². The third kappa shape index (κ3) is 5.21. The van der Waals surface area contributed by atoms with Crippen molar-refractivity contribution in [2.45, 2.75) is 31.7 Å². The number of hydrogen-bond donors (Lipinski definition) is 3. The van der Waals surface area contributed by atoms with Crippen LogP contribution in [-0.4, -0.2) is 22.5 Å². The lowest BCUT2D eigenvalue weighted by Gasteiger charge is -2.10. The number of nitrogens with one attached hydrogen (secondary N) is 2. The lowest BCUT2D eigenvalue weighted by atomic mass is 10.1. The molecular formula is C22H24N4O3S. The van der Waals surface area contributed by atoms with E-state index in [0.29, 0.717) is 28.8 Å². The van der Waals surface area contributed by atoms with Crippen molar-refractivity contribution in [2.75, 3.05) is 17.7 Å². The molecule has 0 aliphatic heterocycles. The van der Waals surface area contributed by atoms with Crippen molar-refractivity contribution in [1.82, 2.24) is 9.97 Å². The summed E-state index contributed by atoms with van der Waals surface area (Å²) in [5, 5.41) is 2.94.